The molecule has 2 N–H and O–H groups in total. The van der Waals surface area contributed by atoms with E-state index in [-0.39, 0.29) is 0 Å². The number of H-pyrrole nitrogens is 1. The van der Waals surface area contributed by atoms with Crippen molar-refractivity contribution < 1.29 is 9.47 Å². The van der Waals surface area contributed by atoms with Crippen molar-refractivity contribution in [3.63, 3.8) is 0 Å². The molecule has 2 aromatic carbocycles. The van der Waals surface area contributed by atoms with Gasteiger partial charge in [0.15, 0.2) is 5.82 Å². The van der Waals surface area contributed by atoms with Gasteiger partial charge in [-0.1, -0.05) is 28.1 Å². The normalized spacial score (nSPS) is 10.5. The number of aromatic amines is 1. The Morgan fingerprint density at radius 2 is 1.92 bits per heavy atom. The largest absolute Gasteiger partial charge is 0.496 e. The van der Waals surface area contributed by atoms with Crippen LogP contribution in [0.3, 0.4) is 0 Å². The van der Waals surface area contributed by atoms with Crippen molar-refractivity contribution in [2.45, 2.75) is 6.54 Å². The second-order valence-corrected chi connectivity index (χ2v) is 6.48. The maximum Gasteiger partial charge on any atom is 0.214 e. The van der Waals surface area contributed by atoms with Crippen LogP contribution < -0.4 is 14.9 Å². The van der Waals surface area contributed by atoms with Gasteiger partial charge in [0.2, 0.25) is 4.77 Å². The van der Waals surface area contributed by atoms with E-state index in [2.05, 4.69) is 31.6 Å². The highest BCUT2D eigenvalue weighted by atomic mass is 79.9. The zero-order valence-electron chi connectivity index (χ0n) is 13.7. The summed E-state index contributed by atoms with van der Waals surface area (Å²) in [4.78, 5) is 0. The third-order valence-electron chi connectivity index (χ3n) is 3.69. The van der Waals surface area contributed by atoms with Gasteiger partial charge in [0.1, 0.15) is 11.5 Å². The Kier molecular flexibility index (Phi) is 5.40. The molecule has 0 saturated carbocycles. The van der Waals surface area contributed by atoms with Crippen LogP contribution in [0.4, 0.5) is 0 Å². The van der Waals surface area contributed by atoms with E-state index >= 15 is 0 Å². The van der Waals surface area contributed by atoms with Gasteiger partial charge < -0.3 is 14.9 Å². The van der Waals surface area contributed by atoms with Gasteiger partial charge >= 0.3 is 0 Å². The molecule has 0 aliphatic rings. The molecule has 0 atom stereocenters. The molecule has 0 radical (unpaired) electrons. The number of rotatable bonds is 6. The van der Waals surface area contributed by atoms with E-state index in [0.717, 1.165) is 27.1 Å². The van der Waals surface area contributed by atoms with Crippen LogP contribution in [0.15, 0.2) is 46.9 Å². The molecule has 25 heavy (non-hydrogen) atoms. The Hall–Kier alpha value is -2.32. The lowest BCUT2D eigenvalue weighted by atomic mass is 10.2. The van der Waals surface area contributed by atoms with Gasteiger partial charge in [0.25, 0.3) is 0 Å². The average Bonchev–Trinajstić information content (AvgIpc) is 3.00. The van der Waals surface area contributed by atoms with E-state index in [1.54, 1.807) is 18.9 Å². The van der Waals surface area contributed by atoms with Gasteiger partial charge in [0.05, 0.1) is 26.3 Å². The molecule has 8 heteroatoms. The summed E-state index contributed by atoms with van der Waals surface area (Å²) in [6, 6.07) is 13.5. The SMILES string of the molecule is COc1ccc(Br)cc1CNn1c(-c2ccccc2OC)n[nH]c1=S. The highest BCUT2D eigenvalue weighted by Gasteiger charge is 2.14. The van der Waals surface area contributed by atoms with Crippen LogP contribution in [0, 0.1) is 4.77 Å². The topological polar surface area (TPSA) is 64.1 Å². The van der Waals surface area contributed by atoms with Crippen molar-refractivity contribution in [3.05, 3.63) is 57.3 Å². The zero-order valence-corrected chi connectivity index (χ0v) is 16.1. The first kappa shape index (κ1) is 17.5. The van der Waals surface area contributed by atoms with Gasteiger partial charge in [-0.2, -0.15) is 5.10 Å². The van der Waals surface area contributed by atoms with Crippen molar-refractivity contribution in [1.29, 1.82) is 0 Å². The van der Waals surface area contributed by atoms with Gasteiger partial charge in [-0.15, -0.1) is 0 Å². The van der Waals surface area contributed by atoms with Crippen molar-refractivity contribution >= 4 is 28.1 Å². The van der Waals surface area contributed by atoms with Crippen LogP contribution >= 0.6 is 28.1 Å². The summed E-state index contributed by atoms with van der Waals surface area (Å²) in [6.45, 7) is 0.513. The molecule has 130 valence electrons. The Morgan fingerprint density at radius 1 is 1.16 bits per heavy atom. The summed E-state index contributed by atoms with van der Waals surface area (Å²) >= 11 is 8.84. The van der Waals surface area contributed by atoms with Crippen LogP contribution in [-0.2, 0) is 6.54 Å². The lowest BCUT2D eigenvalue weighted by Gasteiger charge is -2.14. The maximum atomic E-state index is 5.42. The van der Waals surface area contributed by atoms with Crippen LogP contribution in [0.2, 0.25) is 0 Å². The third kappa shape index (κ3) is 3.69. The van der Waals surface area contributed by atoms with E-state index in [9.17, 15) is 0 Å². The fourth-order valence-corrected chi connectivity index (χ4v) is 3.11. The molecule has 0 unspecified atom stereocenters. The quantitative estimate of drug-likeness (QED) is 0.586. The summed E-state index contributed by atoms with van der Waals surface area (Å²) in [5.74, 6) is 2.17. The highest BCUT2D eigenvalue weighted by molar-refractivity contribution is 9.10. The molecule has 3 aromatic rings. The number of nitrogens with zero attached hydrogens (tertiary/aromatic N) is 2. The number of hydrogen-bond acceptors (Lipinski definition) is 5. The van der Waals surface area contributed by atoms with Crippen molar-refractivity contribution in [3.8, 4) is 22.9 Å². The second kappa shape index (κ2) is 7.71. The van der Waals surface area contributed by atoms with Gasteiger partial charge in [-0.05, 0) is 42.5 Å². The molecule has 3 rings (SSSR count). The predicted molar refractivity (Wildman–Crippen MR) is 103 cm³/mol. The van der Waals surface area contributed by atoms with Crippen LogP contribution in [0.5, 0.6) is 11.5 Å². The Labute approximate surface area is 158 Å². The monoisotopic (exact) mass is 420 g/mol. The highest BCUT2D eigenvalue weighted by Crippen LogP contribution is 2.28. The van der Waals surface area contributed by atoms with Crippen molar-refractivity contribution in [1.82, 2.24) is 14.9 Å². The molecule has 0 amide bonds. The predicted octanol–water partition coefficient (Wildman–Crippen LogP) is 4.13. The van der Waals surface area contributed by atoms with Crippen LogP contribution in [0.1, 0.15) is 5.56 Å². The molecule has 0 spiro atoms. The van der Waals surface area contributed by atoms with Gasteiger partial charge in [-0.25, -0.2) is 9.77 Å². The minimum atomic E-state index is 0.467. The molecule has 0 aliphatic heterocycles. The number of halogens is 1. The molecule has 1 aromatic heterocycles. The summed E-state index contributed by atoms with van der Waals surface area (Å²) in [7, 11) is 3.28. The molecular weight excluding hydrogens is 404 g/mol. The number of benzene rings is 2. The Bertz CT molecular complexity index is 938. The summed E-state index contributed by atoms with van der Waals surface area (Å²) < 4.78 is 14.0. The zero-order chi connectivity index (χ0) is 17.8. The summed E-state index contributed by atoms with van der Waals surface area (Å²) in [5, 5.41) is 7.15. The third-order valence-corrected chi connectivity index (χ3v) is 4.46. The van der Waals surface area contributed by atoms with Crippen molar-refractivity contribution in [2.75, 3.05) is 19.6 Å². The van der Waals surface area contributed by atoms with E-state index in [1.165, 1.54) is 0 Å². The van der Waals surface area contributed by atoms with Crippen molar-refractivity contribution in [2.24, 2.45) is 0 Å². The fourth-order valence-electron chi connectivity index (χ4n) is 2.50. The lowest BCUT2D eigenvalue weighted by molar-refractivity contribution is 0.409. The standard InChI is InChI=1S/C17H17BrN4O2S/c1-23-14-8-7-12(18)9-11(14)10-19-22-16(20-21-17(22)25)13-5-3-4-6-15(13)24-2/h3-9,19H,10H2,1-2H3,(H,21,25). The molecule has 1 heterocycles. The molecule has 0 saturated heterocycles. The van der Waals surface area contributed by atoms with Crippen LogP contribution in [-0.4, -0.2) is 29.1 Å². The molecule has 0 bridgehead atoms. The van der Waals surface area contributed by atoms with E-state index in [0.29, 0.717) is 17.1 Å². The Balaban J connectivity index is 1.94. The minimum absolute atomic E-state index is 0.467. The maximum absolute atomic E-state index is 5.42. The lowest BCUT2D eigenvalue weighted by Crippen LogP contribution is -2.16. The van der Waals surface area contributed by atoms with Crippen LogP contribution in [0.25, 0.3) is 11.4 Å². The second-order valence-electron chi connectivity index (χ2n) is 5.18. The number of aromatic nitrogens is 3. The van der Waals surface area contributed by atoms with E-state index < -0.39 is 0 Å². The summed E-state index contributed by atoms with van der Waals surface area (Å²) in [6.07, 6.45) is 0. The van der Waals surface area contributed by atoms with E-state index in [1.807, 2.05) is 42.5 Å². The van der Waals surface area contributed by atoms with E-state index in [4.69, 9.17) is 21.7 Å². The number of para-hydroxylation sites is 1. The molecular formula is C17H17BrN4O2S. The first-order valence-electron chi connectivity index (χ1n) is 7.51. The molecule has 0 aliphatic carbocycles. The molecule has 6 nitrogen and oxygen atoms in total. The number of nitrogens with one attached hydrogen (secondary N) is 2. The fraction of sp³-hybridized carbons (Fsp3) is 0.176. The summed E-state index contributed by atoms with van der Waals surface area (Å²) in [5.41, 5.74) is 5.12. The first-order valence-corrected chi connectivity index (χ1v) is 8.71. The average molecular weight is 421 g/mol. The van der Waals surface area contributed by atoms with Gasteiger partial charge in [-0.3, -0.25) is 0 Å². The first-order chi connectivity index (χ1) is 12.1. The molecule has 0 fully saturated rings. The minimum Gasteiger partial charge on any atom is -0.496 e. The van der Waals surface area contributed by atoms with Gasteiger partial charge in [0, 0.05) is 10.0 Å². The number of methoxy groups -OCH3 is 2. The number of hydrogen-bond donors (Lipinski definition) is 2. The Morgan fingerprint density at radius 3 is 2.68 bits per heavy atom. The number of ether oxygens (including phenoxy) is 2. The smallest absolute Gasteiger partial charge is 0.214 e.